The Hall–Kier alpha value is -3.14. The predicted octanol–water partition coefficient (Wildman–Crippen LogP) is 7.18. The monoisotopic (exact) mass is 492 g/mol. The number of carbonyl (C=O) groups is 1. The molecule has 4 nitrogen and oxygen atoms in total. The molecule has 0 saturated carbocycles. The molecule has 0 aliphatic carbocycles. The van der Waals surface area contributed by atoms with Gasteiger partial charge in [0.25, 0.3) is 0 Å². The maximum absolute atomic E-state index is 12.8. The van der Waals surface area contributed by atoms with E-state index < -0.39 is 36.6 Å². The molecule has 0 aliphatic rings. The van der Waals surface area contributed by atoms with Crippen LogP contribution in [0, 0.1) is 0 Å². The zero-order valence-electron chi connectivity index (χ0n) is 16.8. The number of benzene rings is 3. The molecule has 1 unspecified atom stereocenters. The van der Waals surface area contributed by atoms with E-state index in [-0.39, 0.29) is 22.3 Å². The van der Waals surface area contributed by atoms with Gasteiger partial charge in [0.05, 0.1) is 10.6 Å². The van der Waals surface area contributed by atoms with Crippen LogP contribution in [0.5, 0.6) is 17.2 Å². The SMILES string of the molecule is CC(Oc1ccc2ccc(Oc3ccc(C(F)(F)F)cc3Cl)cc2c1)C(=O)OCC(F)(F)F. The Morgan fingerprint density at radius 3 is 2.15 bits per heavy atom. The second-order valence-electron chi connectivity index (χ2n) is 6.90. The first-order valence-electron chi connectivity index (χ1n) is 9.30. The Labute approximate surface area is 188 Å². The van der Waals surface area contributed by atoms with E-state index in [0.717, 1.165) is 23.6 Å². The molecule has 11 heteroatoms. The summed E-state index contributed by atoms with van der Waals surface area (Å²) in [6.07, 6.45) is -10.5. The molecule has 0 fully saturated rings. The summed E-state index contributed by atoms with van der Waals surface area (Å²) < 4.78 is 90.0. The molecule has 0 heterocycles. The summed E-state index contributed by atoms with van der Waals surface area (Å²) in [4.78, 5) is 11.7. The van der Waals surface area contributed by atoms with Crippen molar-refractivity contribution in [2.45, 2.75) is 25.4 Å². The van der Waals surface area contributed by atoms with Crippen LogP contribution in [0.4, 0.5) is 26.3 Å². The Balaban J connectivity index is 1.75. The van der Waals surface area contributed by atoms with E-state index in [1.54, 1.807) is 24.3 Å². The summed E-state index contributed by atoms with van der Waals surface area (Å²) in [5.74, 6) is -0.721. The smallest absolute Gasteiger partial charge is 0.422 e. The van der Waals surface area contributed by atoms with E-state index in [2.05, 4.69) is 4.74 Å². The van der Waals surface area contributed by atoms with Crippen LogP contribution < -0.4 is 9.47 Å². The molecule has 0 N–H and O–H groups in total. The van der Waals surface area contributed by atoms with Gasteiger partial charge in [-0.1, -0.05) is 23.7 Å². The molecule has 0 radical (unpaired) electrons. The first-order chi connectivity index (χ1) is 15.3. The van der Waals surface area contributed by atoms with Crippen LogP contribution in [0.15, 0.2) is 54.6 Å². The minimum Gasteiger partial charge on any atom is -0.479 e. The number of halogens is 7. The van der Waals surface area contributed by atoms with Gasteiger partial charge in [-0.15, -0.1) is 0 Å². The normalized spacial score (nSPS) is 13.0. The predicted molar refractivity (Wildman–Crippen MR) is 108 cm³/mol. The number of fused-ring (bicyclic) bond motifs is 1. The van der Waals surface area contributed by atoms with Crippen molar-refractivity contribution >= 4 is 28.3 Å². The quantitative estimate of drug-likeness (QED) is 0.270. The molecule has 0 bridgehead atoms. The molecule has 33 heavy (non-hydrogen) atoms. The molecule has 0 saturated heterocycles. The van der Waals surface area contributed by atoms with Crippen LogP contribution in [-0.2, 0) is 15.7 Å². The number of hydrogen-bond donors (Lipinski definition) is 0. The first-order valence-corrected chi connectivity index (χ1v) is 9.68. The topological polar surface area (TPSA) is 44.8 Å². The Morgan fingerprint density at radius 2 is 1.55 bits per heavy atom. The van der Waals surface area contributed by atoms with E-state index in [0.29, 0.717) is 5.39 Å². The summed E-state index contributed by atoms with van der Waals surface area (Å²) in [6.45, 7) is -0.473. The molecule has 0 amide bonds. The van der Waals surface area contributed by atoms with E-state index in [4.69, 9.17) is 21.1 Å². The van der Waals surface area contributed by atoms with Gasteiger partial charge in [-0.3, -0.25) is 0 Å². The van der Waals surface area contributed by atoms with Gasteiger partial charge in [-0.25, -0.2) is 4.79 Å². The number of ether oxygens (including phenoxy) is 3. The number of alkyl halides is 6. The zero-order chi connectivity index (χ0) is 24.4. The van der Waals surface area contributed by atoms with Crippen molar-refractivity contribution in [1.29, 1.82) is 0 Å². The van der Waals surface area contributed by atoms with E-state index in [9.17, 15) is 31.1 Å². The molecule has 3 aromatic carbocycles. The standard InChI is InChI=1S/C22H15ClF6O4/c1-12(20(30)31-11-21(24,25)26)32-16-5-2-13-3-6-17(9-14(13)8-16)33-19-7-4-15(10-18(19)23)22(27,28)29/h2-10,12H,11H2,1H3. The minimum atomic E-state index is -4.65. The fourth-order valence-corrected chi connectivity index (χ4v) is 2.97. The third kappa shape index (κ3) is 6.67. The minimum absolute atomic E-state index is 0.0115. The van der Waals surface area contributed by atoms with Crippen molar-refractivity contribution < 1.29 is 45.3 Å². The third-order valence-corrected chi connectivity index (χ3v) is 4.59. The van der Waals surface area contributed by atoms with Crippen LogP contribution in [0.3, 0.4) is 0 Å². The molecule has 1 atom stereocenters. The van der Waals surface area contributed by atoms with Crippen LogP contribution in [0.1, 0.15) is 12.5 Å². The van der Waals surface area contributed by atoms with Gasteiger partial charge in [0.2, 0.25) is 0 Å². The molecular formula is C22H15ClF6O4. The molecule has 3 aromatic rings. The van der Waals surface area contributed by atoms with Crippen molar-refractivity contribution in [2.24, 2.45) is 0 Å². The lowest BCUT2D eigenvalue weighted by Crippen LogP contribution is -2.30. The van der Waals surface area contributed by atoms with Gasteiger partial charge in [0.15, 0.2) is 12.7 Å². The Morgan fingerprint density at radius 1 is 0.909 bits per heavy atom. The van der Waals surface area contributed by atoms with Crippen molar-refractivity contribution in [3.8, 4) is 17.2 Å². The fourth-order valence-electron chi connectivity index (χ4n) is 2.75. The van der Waals surface area contributed by atoms with Crippen molar-refractivity contribution in [2.75, 3.05) is 6.61 Å². The highest BCUT2D eigenvalue weighted by Gasteiger charge is 2.32. The average Bonchev–Trinajstić information content (AvgIpc) is 2.72. The van der Waals surface area contributed by atoms with Crippen molar-refractivity contribution in [1.82, 2.24) is 0 Å². The maximum Gasteiger partial charge on any atom is 0.422 e. The van der Waals surface area contributed by atoms with E-state index >= 15 is 0 Å². The summed E-state index contributed by atoms with van der Waals surface area (Å²) in [5.41, 5.74) is -0.914. The van der Waals surface area contributed by atoms with Gasteiger partial charge in [-0.05, 0) is 60.2 Å². The number of esters is 1. The fraction of sp³-hybridized carbons (Fsp3) is 0.227. The van der Waals surface area contributed by atoms with Gasteiger partial charge in [0, 0.05) is 0 Å². The lowest BCUT2D eigenvalue weighted by atomic mass is 10.1. The summed E-state index contributed by atoms with van der Waals surface area (Å²) in [5, 5.41) is 1.08. The van der Waals surface area contributed by atoms with Gasteiger partial charge < -0.3 is 14.2 Å². The Kier molecular flexibility index (Phi) is 6.97. The van der Waals surface area contributed by atoms with Crippen LogP contribution in [0.2, 0.25) is 5.02 Å². The second-order valence-corrected chi connectivity index (χ2v) is 7.31. The van der Waals surface area contributed by atoms with Crippen molar-refractivity contribution in [3.05, 3.63) is 65.2 Å². The first kappa shape index (κ1) is 24.5. The zero-order valence-corrected chi connectivity index (χ0v) is 17.5. The lowest BCUT2D eigenvalue weighted by Gasteiger charge is -2.15. The number of carbonyl (C=O) groups excluding carboxylic acids is 1. The van der Waals surface area contributed by atoms with Gasteiger partial charge in [0.1, 0.15) is 17.2 Å². The summed E-state index contributed by atoms with van der Waals surface area (Å²) >= 11 is 5.91. The largest absolute Gasteiger partial charge is 0.479 e. The van der Waals surface area contributed by atoms with Gasteiger partial charge in [-0.2, -0.15) is 26.3 Å². The van der Waals surface area contributed by atoms with Gasteiger partial charge >= 0.3 is 18.3 Å². The highest BCUT2D eigenvalue weighted by atomic mass is 35.5. The van der Waals surface area contributed by atoms with Crippen LogP contribution in [-0.4, -0.2) is 24.9 Å². The van der Waals surface area contributed by atoms with E-state index in [1.807, 2.05) is 0 Å². The molecule has 176 valence electrons. The molecule has 0 aliphatic heterocycles. The number of hydrogen-bond acceptors (Lipinski definition) is 4. The number of rotatable bonds is 6. The lowest BCUT2D eigenvalue weighted by molar-refractivity contribution is -0.190. The molecule has 0 spiro atoms. The molecule has 3 rings (SSSR count). The maximum atomic E-state index is 12.8. The van der Waals surface area contributed by atoms with Crippen LogP contribution in [0.25, 0.3) is 10.8 Å². The molecule has 0 aromatic heterocycles. The van der Waals surface area contributed by atoms with Crippen molar-refractivity contribution in [3.63, 3.8) is 0 Å². The average molecular weight is 493 g/mol. The highest BCUT2D eigenvalue weighted by molar-refractivity contribution is 6.32. The summed E-state index contributed by atoms with van der Waals surface area (Å²) in [6, 6.07) is 12.2. The van der Waals surface area contributed by atoms with E-state index in [1.165, 1.54) is 19.1 Å². The second kappa shape index (κ2) is 9.38. The molecular weight excluding hydrogens is 478 g/mol. The third-order valence-electron chi connectivity index (χ3n) is 4.29. The van der Waals surface area contributed by atoms with Crippen LogP contribution >= 0.6 is 11.6 Å². The highest BCUT2D eigenvalue weighted by Crippen LogP contribution is 2.37. The Bertz CT molecular complexity index is 1160. The summed E-state index contributed by atoms with van der Waals surface area (Å²) in [7, 11) is 0.